The number of hydrogen-bond acceptors (Lipinski definition) is 2. The first-order valence-electron chi connectivity index (χ1n) is 3.91. The van der Waals surface area contributed by atoms with Gasteiger partial charge in [-0.3, -0.25) is 0 Å². The predicted molar refractivity (Wildman–Crippen MR) is 40.6 cm³/mol. The average Bonchev–Trinajstić information content (AvgIpc) is 2.08. The lowest BCUT2D eigenvalue weighted by molar-refractivity contribution is -0.275. The molecule has 1 heterocycles. The lowest BCUT2D eigenvalue weighted by Gasteiger charge is -2.14. The summed E-state index contributed by atoms with van der Waals surface area (Å²) in [5.41, 5.74) is -1.82. The fraction of sp³-hybridized carbons (Fsp3) is 0.375. The van der Waals surface area contributed by atoms with Gasteiger partial charge in [-0.15, -0.1) is 13.2 Å². The van der Waals surface area contributed by atoms with Crippen LogP contribution in [-0.2, 0) is 0 Å². The minimum atomic E-state index is -5.13. The van der Waals surface area contributed by atoms with Crippen LogP contribution in [0.5, 0.6) is 5.75 Å². The van der Waals surface area contributed by atoms with Gasteiger partial charge in [0.05, 0.1) is 11.8 Å². The average molecular weight is 245 g/mol. The highest BCUT2D eigenvalue weighted by molar-refractivity contribution is 5.38. The van der Waals surface area contributed by atoms with Crippen molar-refractivity contribution < 1.29 is 31.1 Å². The van der Waals surface area contributed by atoms with Crippen molar-refractivity contribution >= 4 is 0 Å². The van der Waals surface area contributed by atoms with E-state index in [0.717, 1.165) is 6.92 Å². The van der Waals surface area contributed by atoms with E-state index in [4.69, 9.17) is 0 Å². The summed E-state index contributed by atoms with van der Waals surface area (Å²) in [6.07, 6.45) is -8.14. The number of hydrogen-bond donors (Lipinski definition) is 0. The van der Waals surface area contributed by atoms with Crippen molar-refractivity contribution in [3.63, 3.8) is 0 Å². The molecule has 0 aliphatic heterocycles. The van der Waals surface area contributed by atoms with Gasteiger partial charge < -0.3 is 4.74 Å². The zero-order valence-corrected chi connectivity index (χ0v) is 7.78. The highest BCUT2D eigenvalue weighted by Crippen LogP contribution is 2.35. The van der Waals surface area contributed by atoms with E-state index in [9.17, 15) is 26.3 Å². The Morgan fingerprint density at radius 3 is 2.31 bits per heavy atom. The van der Waals surface area contributed by atoms with Gasteiger partial charge >= 0.3 is 6.36 Å². The summed E-state index contributed by atoms with van der Waals surface area (Å²) in [5.74, 6) is -2.45. The highest BCUT2D eigenvalue weighted by atomic mass is 19.4. The summed E-state index contributed by atoms with van der Waals surface area (Å²) in [6.45, 7) is 0.896. The molecular weight excluding hydrogens is 240 g/mol. The van der Waals surface area contributed by atoms with E-state index in [-0.39, 0.29) is 6.20 Å². The van der Waals surface area contributed by atoms with Gasteiger partial charge in [-0.1, -0.05) is 0 Å². The first kappa shape index (κ1) is 12.6. The molecular formula is C8H5F6NO. The molecule has 0 aliphatic carbocycles. The first-order chi connectivity index (χ1) is 7.22. The quantitative estimate of drug-likeness (QED) is 0.588. The molecule has 2 nitrogen and oxygen atoms in total. The van der Waals surface area contributed by atoms with E-state index in [2.05, 4.69) is 9.72 Å². The van der Waals surface area contributed by atoms with Crippen LogP contribution in [0.3, 0.4) is 0 Å². The number of pyridine rings is 1. The summed E-state index contributed by atoms with van der Waals surface area (Å²) in [7, 11) is 0. The molecule has 0 saturated heterocycles. The molecule has 1 aromatic heterocycles. The number of nitrogens with zero attached hydrogens (tertiary/aromatic N) is 1. The molecule has 0 radical (unpaired) electrons. The zero-order chi connectivity index (χ0) is 12.5. The van der Waals surface area contributed by atoms with Crippen LogP contribution in [0.15, 0.2) is 6.20 Å². The number of alkyl halides is 5. The first-order valence-corrected chi connectivity index (χ1v) is 3.91. The maximum Gasteiger partial charge on any atom is 0.573 e. The normalized spacial score (nSPS) is 12.0. The minimum absolute atomic E-state index is 0.275. The summed E-state index contributed by atoms with van der Waals surface area (Å²) in [4.78, 5) is 2.88. The smallest absolute Gasteiger partial charge is 0.404 e. The van der Waals surface area contributed by atoms with Gasteiger partial charge in [0.2, 0.25) is 5.95 Å². The third-order valence-corrected chi connectivity index (χ3v) is 1.72. The number of rotatable bonds is 2. The molecule has 0 unspecified atom stereocenters. The molecule has 8 heteroatoms. The van der Waals surface area contributed by atoms with Gasteiger partial charge in [-0.2, -0.15) is 4.39 Å². The van der Waals surface area contributed by atoms with E-state index in [0.29, 0.717) is 0 Å². The molecule has 0 amide bonds. The Bertz CT molecular complexity index is 389. The molecule has 0 saturated carbocycles. The predicted octanol–water partition coefficient (Wildman–Crippen LogP) is 3.37. The molecule has 16 heavy (non-hydrogen) atoms. The van der Waals surface area contributed by atoms with E-state index in [1.165, 1.54) is 0 Å². The van der Waals surface area contributed by atoms with E-state index >= 15 is 0 Å². The topological polar surface area (TPSA) is 22.1 Å². The van der Waals surface area contributed by atoms with Crippen molar-refractivity contribution in [2.24, 2.45) is 0 Å². The molecule has 0 aromatic carbocycles. The van der Waals surface area contributed by atoms with Crippen LogP contribution < -0.4 is 4.74 Å². The Balaban J connectivity index is 3.24. The fourth-order valence-corrected chi connectivity index (χ4v) is 1.05. The van der Waals surface area contributed by atoms with Crippen LogP contribution in [-0.4, -0.2) is 11.3 Å². The van der Waals surface area contributed by atoms with Gasteiger partial charge in [0.1, 0.15) is 0 Å². The Labute approximate surface area is 85.9 Å². The number of halogens is 6. The van der Waals surface area contributed by atoms with Gasteiger partial charge in [-0.05, 0) is 6.92 Å². The second kappa shape index (κ2) is 4.18. The fourth-order valence-electron chi connectivity index (χ4n) is 1.05. The summed E-state index contributed by atoms with van der Waals surface area (Å²) >= 11 is 0. The molecule has 0 bridgehead atoms. The highest BCUT2D eigenvalue weighted by Gasteiger charge is 2.34. The van der Waals surface area contributed by atoms with Crippen molar-refractivity contribution in [2.45, 2.75) is 19.7 Å². The molecule has 0 aliphatic rings. The van der Waals surface area contributed by atoms with Crippen molar-refractivity contribution in [1.29, 1.82) is 0 Å². The second-order valence-electron chi connectivity index (χ2n) is 2.80. The van der Waals surface area contributed by atoms with E-state index < -0.39 is 35.6 Å². The van der Waals surface area contributed by atoms with Crippen LogP contribution in [0.25, 0.3) is 0 Å². The summed E-state index contributed by atoms with van der Waals surface area (Å²) in [6, 6.07) is 0. The lowest BCUT2D eigenvalue weighted by atomic mass is 10.1. The Morgan fingerprint density at radius 1 is 1.31 bits per heavy atom. The van der Waals surface area contributed by atoms with Crippen LogP contribution in [0, 0.1) is 12.9 Å². The SMILES string of the molecule is Cc1c(F)ncc(OC(F)(F)F)c1C(F)F. The molecule has 1 aromatic rings. The zero-order valence-electron chi connectivity index (χ0n) is 7.78. The van der Waals surface area contributed by atoms with Crippen molar-refractivity contribution in [3.05, 3.63) is 23.3 Å². The second-order valence-corrected chi connectivity index (χ2v) is 2.80. The largest absolute Gasteiger partial charge is 0.573 e. The molecule has 0 fully saturated rings. The standard InChI is InChI=1S/C8H5F6NO/c1-3-5(6(9)10)4(2-15-7(3)11)16-8(12,13)14/h2,6H,1H3. The van der Waals surface area contributed by atoms with Crippen molar-refractivity contribution in [1.82, 2.24) is 4.98 Å². The number of aromatic nitrogens is 1. The van der Waals surface area contributed by atoms with Crippen LogP contribution in [0.2, 0.25) is 0 Å². The molecule has 0 atom stereocenters. The van der Waals surface area contributed by atoms with E-state index in [1.807, 2.05) is 0 Å². The Kier molecular flexibility index (Phi) is 3.30. The third-order valence-electron chi connectivity index (χ3n) is 1.72. The monoisotopic (exact) mass is 245 g/mol. The maximum atomic E-state index is 12.8. The van der Waals surface area contributed by atoms with Gasteiger partial charge in [0.15, 0.2) is 5.75 Å². The Morgan fingerprint density at radius 2 is 1.88 bits per heavy atom. The number of ether oxygens (including phenoxy) is 1. The Hall–Kier alpha value is -1.47. The van der Waals surface area contributed by atoms with Crippen molar-refractivity contribution in [3.8, 4) is 5.75 Å². The molecule has 0 spiro atoms. The molecule has 0 N–H and O–H groups in total. The third kappa shape index (κ3) is 2.77. The lowest BCUT2D eigenvalue weighted by Crippen LogP contribution is -2.19. The summed E-state index contributed by atoms with van der Waals surface area (Å²) in [5, 5.41) is 0. The van der Waals surface area contributed by atoms with Crippen LogP contribution in [0.1, 0.15) is 17.6 Å². The van der Waals surface area contributed by atoms with Gasteiger partial charge in [0.25, 0.3) is 6.43 Å². The van der Waals surface area contributed by atoms with E-state index in [1.54, 1.807) is 0 Å². The summed E-state index contributed by atoms with van der Waals surface area (Å²) < 4.78 is 76.4. The molecule has 1 rings (SSSR count). The van der Waals surface area contributed by atoms with Gasteiger partial charge in [0, 0.05) is 5.56 Å². The van der Waals surface area contributed by atoms with Crippen LogP contribution >= 0.6 is 0 Å². The minimum Gasteiger partial charge on any atom is -0.404 e. The van der Waals surface area contributed by atoms with Crippen LogP contribution in [0.4, 0.5) is 26.3 Å². The van der Waals surface area contributed by atoms with Gasteiger partial charge in [-0.25, -0.2) is 13.8 Å². The maximum absolute atomic E-state index is 12.8. The molecule has 90 valence electrons. The van der Waals surface area contributed by atoms with Crippen molar-refractivity contribution in [2.75, 3.05) is 0 Å².